The van der Waals surface area contributed by atoms with Crippen molar-refractivity contribution in [2.45, 2.75) is 32.1 Å². The maximum atomic E-state index is 11.9. The predicted molar refractivity (Wildman–Crippen MR) is 77.1 cm³/mol. The molecule has 0 saturated heterocycles. The summed E-state index contributed by atoms with van der Waals surface area (Å²) in [7, 11) is 0. The van der Waals surface area contributed by atoms with E-state index >= 15 is 0 Å². The fourth-order valence-electron chi connectivity index (χ4n) is 2.52. The molecule has 0 atom stereocenters. The van der Waals surface area contributed by atoms with E-state index in [0.29, 0.717) is 11.3 Å². The van der Waals surface area contributed by atoms with Crippen LogP contribution in [0.4, 0.5) is 0 Å². The molecule has 0 aliphatic heterocycles. The standard InChI is InChI=1S/C16H20N2O2/c19-11-3-6-14-7-8-15(18-12-14)16(20)17-10-9-13-4-1-2-5-13/h7-8,12-13,19H,1-2,4-5,9-11H2,(H,17,20). The number of aliphatic hydroxyl groups is 1. The van der Waals surface area contributed by atoms with Crippen LogP contribution in [0.1, 0.15) is 48.2 Å². The van der Waals surface area contributed by atoms with Crippen molar-refractivity contribution < 1.29 is 9.90 Å². The van der Waals surface area contributed by atoms with Crippen molar-refractivity contribution in [3.05, 3.63) is 29.6 Å². The highest BCUT2D eigenvalue weighted by Gasteiger charge is 2.15. The van der Waals surface area contributed by atoms with Gasteiger partial charge in [-0.15, -0.1) is 0 Å². The summed E-state index contributed by atoms with van der Waals surface area (Å²) in [6, 6.07) is 3.40. The van der Waals surface area contributed by atoms with Crippen LogP contribution in [0.15, 0.2) is 18.3 Å². The Morgan fingerprint density at radius 1 is 1.40 bits per heavy atom. The topological polar surface area (TPSA) is 62.2 Å². The first kappa shape index (κ1) is 14.5. The van der Waals surface area contributed by atoms with Crippen LogP contribution in [0.3, 0.4) is 0 Å². The largest absolute Gasteiger partial charge is 0.384 e. The zero-order valence-electron chi connectivity index (χ0n) is 11.6. The number of hydrogen-bond donors (Lipinski definition) is 2. The van der Waals surface area contributed by atoms with E-state index in [9.17, 15) is 4.79 Å². The Morgan fingerprint density at radius 2 is 2.20 bits per heavy atom. The van der Waals surface area contributed by atoms with Crippen molar-refractivity contribution in [2.24, 2.45) is 5.92 Å². The molecule has 1 aromatic heterocycles. The number of carbonyl (C=O) groups is 1. The molecule has 0 aromatic carbocycles. The first-order chi connectivity index (χ1) is 9.79. The van der Waals surface area contributed by atoms with Crippen LogP contribution in [0.2, 0.25) is 0 Å². The lowest BCUT2D eigenvalue weighted by molar-refractivity contribution is 0.0946. The van der Waals surface area contributed by atoms with E-state index < -0.39 is 0 Å². The molecular formula is C16H20N2O2. The molecule has 1 amide bonds. The number of nitrogens with one attached hydrogen (secondary N) is 1. The van der Waals surface area contributed by atoms with Crippen LogP contribution in [-0.4, -0.2) is 29.1 Å². The third-order valence-corrected chi connectivity index (χ3v) is 3.62. The maximum Gasteiger partial charge on any atom is 0.269 e. The van der Waals surface area contributed by atoms with E-state index in [1.54, 1.807) is 18.3 Å². The second kappa shape index (κ2) is 7.66. The number of aromatic nitrogens is 1. The summed E-state index contributed by atoms with van der Waals surface area (Å²) in [5.74, 6) is 5.93. The molecule has 1 aromatic rings. The van der Waals surface area contributed by atoms with E-state index in [2.05, 4.69) is 22.1 Å². The van der Waals surface area contributed by atoms with Gasteiger partial charge in [0.1, 0.15) is 12.3 Å². The third kappa shape index (κ3) is 4.36. The number of hydrogen-bond acceptors (Lipinski definition) is 3. The smallest absolute Gasteiger partial charge is 0.269 e. The Labute approximate surface area is 119 Å². The first-order valence-corrected chi connectivity index (χ1v) is 7.13. The molecule has 4 heteroatoms. The van der Waals surface area contributed by atoms with Gasteiger partial charge in [0.15, 0.2) is 0 Å². The van der Waals surface area contributed by atoms with Gasteiger partial charge in [-0.1, -0.05) is 37.5 Å². The van der Waals surface area contributed by atoms with Crippen LogP contribution in [0.5, 0.6) is 0 Å². The number of pyridine rings is 1. The molecule has 1 aliphatic rings. The summed E-state index contributed by atoms with van der Waals surface area (Å²) >= 11 is 0. The highest BCUT2D eigenvalue weighted by atomic mass is 16.2. The molecular weight excluding hydrogens is 252 g/mol. The molecule has 1 fully saturated rings. The Morgan fingerprint density at radius 3 is 2.85 bits per heavy atom. The van der Waals surface area contributed by atoms with Crippen molar-refractivity contribution in [1.82, 2.24) is 10.3 Å². The molecule has 20 heavy (non-hydrogen) atoms. The van der Waals surface area contributed by atoms with Gasteiger partial charge in [-0.3, -0.25) is 4.79 Å². The SMILES string of the molecule is O=C(NCCC1CCCC1)c1ccc(C#CCO)cn1. The zero-order chi connectivity index (χ0) is 14.2. The van der Waals surface area contributed by atoms with Gasteiger partial charge < -0.3 is 10.4 Å². The predicted octanol–water partition coefficient (Wildman–Crippen LogP) is 1.74. The van der Waals surface area contributed by atoms with Gasteiger partial charge in [0, 0.05) is 18.3 Å². The number of aliphatic hydroxyl groups excluding tert-OH is 1. The molecule has 0 unspecified atom stereocenters. The Kier molecular flexibility index (Phi) is 5.57. The summed E-state index contributed by atoms with van der Waals surface area (Å²) in [6.45, 7) is 0.542. The lowest BCUT2D eigenvalue weighted by Gasteiger charge is -2.09. The Balaban J connectivity index is 1.79. The van der Waals surface area contributed by atoms with Gasteiger partial charge in [-0.25, -0.2) is 4.98 Å². The molecule has 4 nitrogen and oxygen atoms in total. The van der Waals surface area contributed by atoms with Gasteiger partial charge in [0.2, 0.25) is 0 Å². The first-order valence-electron chi connectivity index (χ1n) is 7.13. The van der Waals surface area contributed by atoms with Crippen LogP contribution < -0.4 is 5.32 Å². The van der Waals surface area contributed by atoms with Crippen LogP contribution in [-0.2, 0) is 0 Å². The minimum atomic E-state index is -0.177. The lowest BCUT2D eigenvalue weighted by Crippen LogP contribution is -2.26. The minimum absolute atomic E-state index is 0.135. The van der Waals surface area contributed by atoms with E-state index in [0.717, 1.165) is 18.9 Å². The third-order valence-electron chi connectivity index (χ3n) is 3.62. The Hall–Kier alpha value is -1.86. The summed E-state index contributed by atoms with van der Waals surface area (Å²) < 4.78 is 0. The van der Waals surface area contributed by atoms with Gasteiger partial charge in [0.25, 0.3) is 5.91 Å². The van der Waals surface area contributed by atoms with Crippen molar-refractivity contribution in [2.75, 3.05) is 13.2 Å². The molecule has 2 N–H and O–H groups in total. The molecule has 1 heterocycles. The van der Waals surface area contributed by atoms with Crippen molar-refractivity contribution in [1.29, 1.82) is 0 Å². The zero-order valence-corrected chi connectivity index (χ0v) is 11.6. The van der Waals surface area contributed by atoms with Crippen molar-refractivity contribution >= 4 is 5.91 Å². The summed E-state index contributed by atoms with van der Waals surface area (Å²) in [6.07, 6.45) is 7.87. The fraction of sp³-hybridized carbons (Fsp3) is 0.500. The van der Waals surface area contributed by atoms with Gasteiger partial charge in [-0.2, -0.15) is 0 Å². The summed E-state index contributed by atoms with van der Waals surface area (Å²) in [4.78, 5) is 16.0. The van der Waals surface area contributed by atoms with Crippen molar-refractivity contribution in [3.63, 3.8) is 0 Å². The number of carbonyl (C=O) groups excluding carboxylic acids is 1. The summed E-state index contributed by atoms with van der Waals surface area (Å²) in [5.41, 5.74) is 1.10. The number of rotatable bonds is 4. The van der Waals surface area contributed by atoms with E-state index in [4.69, 9.17) is 5.11 Å². The normalized spacial score (nSPS) is 14.7. The molecule has 106 valence electrons. The second-order valence-corrected chi connectivity index (χ2v) is 5.09. The van der Waals surface area contributed by atoms with E-state index in [1.165, 1.54) is 25.7 Å². The fourth-order valence-corrected chi connectivity index (χ4v) is 2.52. The van der Waals surface area contributed by atoms with E-state index in [-0.39, 0.29) is 12.5 Å². The van der Waals surface area contributed by atoms with Crippen LogP contribution >= 0.6 is 0 Å². The minimum Gasteiger partial charge on any atom is -0.384 e. The Bertz CT molecular complexity index is 493. The highest BCUT2D eigenvalue weighted by molar-refractivity contribution is 5.92. The average Bonchev–Trinajstić information content (AvgIpc) is 2.99. The monoisotopic (exact) mass is 272 g/mol. The summed E-state index contributed by atoms with van der Waals surface area (Å²) in [5, 5.41) is 11.5. The lowest BCUT2D eigenvalue weighted by atomic mass is 10.0. The molecule has 1 saturated carbocycles. The molecule has 0 bridgehead atoms. The highest BCUT2D eigenvalue weighted by Crippen LogP contribution is 2.26. The quantitative estimate of drug-likeness (QED) is 0.821. The van der Waals surface area contributed by atoms with E-state index in [1.807, 2.05) is 0 Å². The van der Waals surface area contributed by atoms with Gasteiger partial charge >= 0.3 is 0 Å². The maximum absolute atomic E-state index is 11.9. The van der Waals surface area contributed by atoms with Gasteiger partial charge in [0.05, 0.1) is 0 Å². The molecule has 0 radical (unpaired) electrons. The van der Waals surface area contributed by atoms with Crippen LogP contribution in [0, 0.1) is 17.8 Å². The number of amides is 1. The average molecular weight is 272 g/mol. The van der Waals surface area contributed by atoms with Gasteiger partial charge in [-0.05, 0) is 24.5 Å². The molecule has 1 aliphatic carbocycles. The molecule has 2 rings (SSSR count). The second-order valence-electron chi connectivity index (χ2n) is 5.09. The number of nitrogens with zero attached hydrogens (tertiary/aromatic N) is 1. The van der Waals surface area contributed by atoms with Crippen molar-refractivity contribution in [3.8, 4) is 11.8 Å². The molecule has 0 spiro atoms. The van der Waals surface area contributed by atoms with Crippen LogP contribution in [0.25, 0.3) is 0 Å².